The number of hydrogen-bond acceptors (Lipinski definition) is 2. The highest BCUT2D eigenvalue weighted by Crippen LogP contribution is 2.23. The molecule has 1 heterocycles. The summed E-state index contributed by atoms with van der Waals surface area (Å²) in [5.41, 5.74) is 1.19. The molecule has 2 rings (SSSR count). The largest absolute Gasteiger partial charge is 0.355 e. The van der Waals surface area contributed by atoms with Crippen molar-refractivity contribution in [3.05, 3.63) is 34.3 Å². The van der Waals surface area contributed by atoms with E-state index in [4.69, 9.17) is 0 Å². The maximum Gasteiger partial charge on any atom is 0.237 e. The number of carbonyl (C=O) groups excluding carboxylic acids is 1. The molecule has 1 unspecified atom stereocenters. The van der Waals surface area contributed by atoms with Crippen LogP contribution >= 0.6 is 15.9 Å². The Kier molecular flexibility index (Phi) is 4.78. The third-order valence-electron chi connectivity index (χ3n) is 3.36. The minimum atomic E-state index is -0.0744. The zero-order chi connectivity index (χ0) is 13.0. The van der Waals surface area contributed by atoms with E-state index in [-0.39, 0.29) is 18.0 Å². The van der Waals surface area contributed by atoms with E-state index in [2.05, 4.69) is 39.6 Å². The van der Waals surface area contributed by atoms with Gasteiger partial charge in [-0.15, -0.1) is 0 Å². The van der Waals surface area contributed by atoms with E-state index >= 15 is 0 Å². The van der Waals surface area contributed by atoms with E-state index in [0.717, 1.165) is 30.3 Å². The Labute approximate surface area is 116 Å². The molecule has 1 aromatic rings. The first kappa shape index (κ1) is 13.6. The monoisotopic (exact) mass is 310 g/mol. The average molecular weight is 311 g/mol. The second-order valence-corrected chi connectivity index (χ2v) is 5.60. The lowest BCUT2D eigenvalue weighted by atomic mass is 10.1. The molecule has 1 saturated heterocycles. The molecule has 2 N–H and O–H groups in total. The highest BCUT2D eigenvalue weighted by molar-refractivity contribution is 9.10. The summed E-state index contributed by atoms with van der Waals surface area (Å²) in [7, 11) is 0. The first-order chi connectivity index (χ1) is 8.68. The number of hydrogen-bond donors (Lipinski definition) is 2. The van der Waals surface area contributed by atoms with Crippen LogP contribution in [0.4, 0.5) is 0 Å². The lowest BCUT2D eigenvalue weighted by Crippen LogP contribution is -2.43. The molecule has 1 aliphatic heterocycles. The Balaban J connectivity index is 2.04. The van der Waals surface area contributed by atoms with Crippen molar-refractivity contribution in [1.82, 2.24) is 10.6 Å². The number of nitrogens with one attached hydrogen (secondary N) is 2. The zero-order valence-corrected chi connectivity index (χ0v) is 12.2. The Bertz CT molecular complexity index is 422. The van der Waals surface area contributed by atoms with E-state index in [0.29, 0.717) is 0 Å². The third kappa shape index (κ3) is 3.33. The number of halogens is 1. The van der Waals surface area contributed by atoms with Gasteiger partial charge in [-0.2, -0.15) is 0 Å². The third-order valence-corrected chi connectivity index (χ3v) is 4.08. The summed E-state index contributed by atoms with van der Waals surface area (Å²) in [6.07, 6.45) is 3.09. The summed E-state index contributed by atoms with van der Waals surface area (Å²) in [5, 5.41) is 6.38. The van der Waals surface area contributed by atoms with Crippen LogP contribution in [0.2, 0.25) is 0 Å². The van der Waals surface area contributed by atoms with E-state index in [1.165, 1.54) is 5.56 Å². The number of rotatable bonds is 3. The van der Waals surface area contributed by atoms with Gasteiger partial charge in [-0.1, -0.05) is 34.1 Å². The molecule has 1 fully saturated rings. The maximum absolute atomic E-state index is 11.9. The van der Waals surface area contributed by atoms with Crippen LogP contribution in [0.5, 0.6) is 0 Å². The van der Waals surface area contributed by atoms with Gasteiger partial charge in [0.05, 0.1) is 6.04 Å². The molecule has 0 radical (unpaired) electrons. The summed E-state index contributed by atoms with van der Waals surface area (Å²) in [4.78, 5) is 11.9. The van der Waals surface area contributed by atoms with Gasteiger partial charge < -0.3 is 5.32 Å². The highest BCUT2D eigenvalue weighted by Gasteiger charge is 2.22. The maximum atomic E-state index is 11.9. The molecule has 0 aromatic heterocycles. The van der Waals surface area contributed by atoms with Crippen LogP contribution in [-0.2, 0) is 4.79 Å². The molecule has 2 atom stereocenters. The zero-order valence-electron chi connectivity index (χ0n) is 10.6. The smallest absolute Gasteiger partial charge is 0.237 e. The van der Waals surface area contributed by atoms with Crippen LogP contribution in [-0.4, -0.2) is 18.5 Å². The Morgan fingerprint density at radius 2 is 2.17 bits per heavy atom. The normalized spacial score (nSPS) is 22.1. The van der Waals surface area contributed by atoms with Gasteiger partial charge >= 0.3 is 0 Å². The SMILES string of the molecule is C[C@@H](NC1CCCCNC1=O)c1ccccc1Br. The van der Waals surface area contributed by atoms with Gasteiger partial charge in [0, 0.05) is 17.1 Å². The first-order valence-corrected chi connectivity index (χ1v) is 7.26. The molecule has 0 aliphatic carbocycles. The fourth-order valence-electron chi connectivity index (χ4n) is 2.32. The molecule has 0 bridgehead atoms. The molecule has 98 valence electrons. The van der Waals surface area contributed by atoms with Crippen LogP contribution < -0.4 is 10.6 Å². The van der Waals surface area contributed by atoms with Crippen LogP contribution in [0.3, 0.4) is 0 Å². The number of amides is 1. The molecule has 1 aromatic carbocycles. The van der Waals surface area contributed by atoms with Crippen molar-refractivity contribution < 1.29 is 4.79 Å². The number of carbonyl (C=O) groups is 1. The predicted molar refractivity (Wildman–Crippen MR) is 76.3 cm³/mol. The topological polar surface area (TPSA) is 41.1 Å². The minimum Gasteiger partial charge on any atom is -0.355 e. The minimum absolute atomic E-state index is 0.0744. The first-order valence-electron chi connectivity index (χ1n) is 6.46. The fraction of sp³-hybridized carbons (Fsp3) is 0.500. The van der Waals surface area contributed by atoms with Crippen molar-refractivity contribution in [1.29, 1.82) is 0 Å². The van der Waals surface area contributed by atoms with Gasteiger partial charge in [0.2, 0.25) is 5.91 Å². The fourth-order valence-corrected chi connectivity index (χ4v) is 2.94. The van der Waals surface area contributed by atoms with E-state index < -0.39 is 0 Å². The molecule has 4 heteroatoms. The standard InChI is InChI=1S/C14H19BrN2O/c1-10(11-6-2-3-7-12(11)15)17-13-8-4-5-9-16-14(13)18/h2-3,6-7,10,13,17H,4-5,8-9H2,1H3,(H,16,18)/t10-,13?/m1/s1. The second-order valence-electron chi connectivity index (χ2n) is 4.75. The van der Waals surface area contributed by atoms with Gasteiger partial charge in [-0.3, -0.25) is 10.1 Å². The molecule has 3 nitrogen and oxygen atoms in total. The molecular formula is C14H19BrN2O. The molecule has 18 heavy (non-hydrogen) atoms. The summed E-state index contributed by atoms with van der Waals surface area (Å²) in [5.74, 6) is 0.131. The molecule has 0 saturated carbocycles. The van der Waals surface area contributed by atoms with Gasteiger partial charge in [-0.25, -0.2) is 0 Å². The van der Waals surface area contributed by atoms with Crippen molar-refractivity contribution in [2.45, 2.75) is 38.3 Å². The Hall–Kier alpha value is -0.870. The van der Waals surface area contributed by atoms with Crippen LogP contribution in [0, 0.1) is 0 Å². The van der Waals surface area contributed by atoms with Crippen molar-refractivity contribution in [3.63, 3.8) is 0 Å². The van der Waals surface area contributed by atoms with Gasteiger partial charge in [0.25, 0.3) is 0 Å². The summed E-state index contributed by atoms with van der Waals surface area (Å²) < 4.78 is 1.08. The lowest BCUT2D eigenvalue weighted by molar-refractivity contribution is -0.123. The highest BCUT2D eigenvalue weighted by atomic mass is 79.9. The van der Waals surface area contributed by atoms with Crippen LogP contribution in [0.25, 0.3) is 0 Å². The molecule has 0 spiro atoms. The average Bonchev–Trinajstić information content (AvgIpc) is 2.55. The van der Waals surface area contributed by atoms with Gasteiger partial charge in [0.1, 0.15) is 0 Å². The van der Waals surface area contributed by atoms with E-state index in [1.54, 1.807) is 0 Å². The lowest BCUT2D eigenvalue weighted by Gasteiger charge is -2.22. The summed E-state index contributed by atoms with van der Waals surface area (Å²) >= 11 is 3.55. The van der Waals surface area contributed by atoms with Gasteiger partial charge in [0.15, 0.2) is 0 Å². The van der Waals surface area contributed by atoms with Crippen LogP contribution in [0.15, 0.2) is 28.7 Å². The summed E-state index contributed by atoms with van der Waals surface area (Å²) in [6.45, 7) is 2.90. The Morgan fingerprint density at radius 3 is 2.94 bits per heavy atom. The van der Waals surface area contributed by atoms with Crippen molar-refractivity contribution in [3.8, 4) is 0 Å². The van der Waals surface area contributed by atoms with Crippen molar-refractivity contribution in [2.75, 3.05) is 6.54 Å². The van der Waals surface area contributed by atoms with E-state index in [1.807, 2.05) is 18.2 Å². The van der Waals surface area contributed by atoms with Crippen molar-refractivity contribution in [2.24, 2.45) is 0 Å². The molecular weight excluding hydrogens is 292 g/mol. The Morgan fingerprint density at radius 1 is 1.39 bits per heavy atom. The number of benzene rings is 1. The van der Waals surface area contributed by atoms with E-state index in [9.17, 15) is 4.79 Å². The molecule has 1 aliphatic rings. The van der Waals surface area contributed by atoms with Gasteiger partial charge in [-0.05, 0) is 37.8 Å². The quantitative estimate of drug-likeness (QED) is 0.901. The summed E-state index contributed by atoms with van der Waals surface area (Å²) in [6, 6.07) is 8.21. The van der Waals surface area contributed by atoms with Crippen LogP contribution in [0.1, 0.15) is 37.8 Å². The second kappa shape index (κ2) is 6.34. The van der Waals surface area contributed by atoms with Crippen molar-refractivity contribution >= 4 is 21.8 Å². The predicted octanol–water partition coefficient (Wildman–Crippen LogP) is 2.77. The molecule has 1 amide bonds.